The summed E-state index contributed by atoms with van der Waals surface area (Å²) in [6.07, 6.45) is 0.152. The molecule has 1 heterocycles. The van der Waals surface area contributed by atoms with Crippen LogP contribution in [0.4, 0.5) is 0 Å². The Hall–Kier alpha value is -1.62. The first-order chi connectivity index (χ1) is 7.99. The van der Waals surface area contributed by atoms with E-state index in [0.29, 0.717) is 24.8 Å². The van der Waals surface area contributed by atoms with Gasteiger partial charge in [0, 0.05) is 11.8 Å². The molecule has 5 nitrogen and oxygen atoms in total. The second-order valence-electron chi connectivity index (χ2n) is 3.91. The minimum Gasteiger partial charge on any atom is -0.478 e. The zero-order valence-corrected chi connectivity index (χ0v) is 10.3. The number of aryl methyl sites for hydroxylation is 1. The van der Waals surface area contributed by atoms with Gasteiger partial charge in [0.25, 0.3) is 0 Å². The first-order valence-corrected chi connectivity index (χ1v) is 5.45. The summed E-state index contributed by atoms with van der Waals surface area (Å²) in [5.74, 6) is -0.673. The summed E-state index contributed by atoms with van der Waals surface area (Å²) in [4.78, 5) is 14.9. The van der Waals surface area contributed by atoms with Crippen molar-refractivity contribution in [3.63, 3.8) is 0 Å². The lowest BCUT2D eigenvalue weighted by molar-refractivity contribution is 0.0541. The standard InChI is InChI=1S/C12H17NO4/c1-8(2)16-4-5-17-11-7-10(12(14)15)6-9(3)13-11/h6-8H,4-5H2,1-3H3,(H,14,15). The van der Waals surface area contributed by atoms with Gasteiger partial charge in [0.2, 0.25) is 5.88 Å². The molecule has 0 atom stereocenters. The number of hydrogen-bond acceptors (Lipinski definition) is 4. The topological polar surface area (TPSA) is 68.7 Å². The van der Waals surface area contributed by atoms with Gasteiger partial charge in [-0.15, -0.1) is 0 Å². The number of nitrogens with zero attached hydrogens (tertiary/aromatic N) is 1. The van der Waals surface area contributed by atoms with E-state index in [2.05, 4.69) is 4.98 Å². The van der Waals surface area contributed by atoms with Gasteiger partial charge in [-0.3, -0.25) is 0 Å². The Labute approximate surface area is 100 Å². The van der Waals surface area contributed by atoms with Crippen molar-refractivity contribution in [2.24, 2.45) is 0 Å². The van der Waals surface area contributed by atoms with Crippen LogP contribution < -0.4 is 4.74 Å². The van der Waals surface area contributed by atoms with Crippen LogP contribution in [-0.2, 0) is 4.74 Å². The smallest absolute Gasteiger partial charge is 0.335 e. The second-order valence-corrected chi connectivity index (χ2v) is 3.91. The number of carbonyl (C=O) groups is 1. The van der Waals surface area contributed by atoms with Gasteiger partial charge in [0.05, 0.1) is 18.3 Å². The van der Waals surface area contributed by atoms with Crippen LogP contribution in [0.15, 0.2) is 12.1 Å². The Morgan fingerprint density at radius 1 is 1.41 bits per heavy atom. The predicted octanol–water partition coefficient (Wildman–Crippen LogP) is 1.89. The molecule has 0 aliphatic carbocycles. The maximum atomic E-state index is 10.8. The fraction of sp³-hybridized carbons (Fsp3) is 0.500. The van der Waals surface area contributed by atoms with Gasteiger partial charge in [0.1, 0.15) is 6.61 Å². The largest absolute Gasteiger partial charge is 0.478 e. The summed E-state index contributed by atoms with van der Waals surface area (Å²) < 4.78 is 10.6. The number of hydrogen-bond donors (Lipinski definition) is 1. The van der Waals surface area contributed by atoms with Crippen molar-refractivity contribution in [1.29, 1.82) is 0 Å². The third kappa shape index (κ3) is 4.82. The van der Waals surface area contributed by atoms with Crippen LogP contribution in [0.5, 0.6) is 5.88 Å². The molecule has 0 spiro atoms. The molecule has 1 N–H and O–H groups in total. The lowest BCUT2D eigenvalue weighted by Gasteiger charge is -2.09. The Morgan fingerprint density at radius 2 is 2.12 bits per heavy atom. The van der Waals surface area contributed by atoms with E-state index in [1.165, 1.54) is 12.1 Å². The van der Waals surface area contributed by atoms with Crippen molar-refractivity contribution in [3.05, 3.63) is 23.4 Å². The molecule has 0 saturated heterocycles. The lowest BCUT2D eigenvalue weighted by Crippen LogP contribution is -2.12. The third-order valence-corrected chi connectivity index (χ3v) is 1.96. The normalized spacial score (nSPS) is 10.6. The summed E-state index contributed by atoms with van der Waals surface area (Å²) >= 11 is 0. The van der Waals surface area contributed by atoms with E-state index in [-0.39, 0.29) is 11.7 Å². The third-order valence-electron chi connectivity index (χ3n) is 1.96. The molecule has 0 aliphatic rings. The summed E-state index contributed by atoms with van der Waals surface area (Å²) in [7, 11) is 0. The van der Waals surface area contributed by atoms with Crippen LogP contribution in [0.1, 0.15) is 29.9 Å². The SMILES string of the molecule is Cc1cc(C(=O)O)cc(OCCOC(C)C)n1. The van der Waals surface area contributed by atoms with E-state index in [4.69, 9.17) is 14.6 Å². The van der Waals surface area contributed by atoms with E-state index in [0.717, 1.165) is 0 Å². The number of carboxylic acids is 1. The minimum atomic E-state index is -0.987. The molecule has 0 aliphatic heterocycles. The molecule has 0 saturated carbocycles. The number of rotatable bonds is 6. The van der Waals surface area contributed by atoms with Gasteiger partial charge in [0.15, 0.2) is 0 Å². The lowest BCUT2D eigenvalue weighted by atomic mass is 10.2. The predicted molar refractivity (Wildman–Crippen MR) is 62.5 cm³/mol. The van der Waals surface area contributed by atoms with Crippen molar-refractivity contribution >= 4 is 5.97 Å². The molecule has 0 amide bonds. The van der Waals surface area contributed by atoms with Gasteiger partial charge < -0.3 is 14.6 Å². The maximum absolute atomic E-state index is 10.8. The van der Waals surface area contributed by atoms with Crippen molar-refractivity contribution < 1.29 is 19.4 Å². The second kappa shape index (κ2) is 6.20. The molecule has 0 fully saturated rings. The summed E-state index contributed by atoms with van der Waals surface area (Å²) in [6.45, 7) is 6.41. The zero-order valence-electron chi connectivity index (χ0n) is 10.3. The number of carboxylic acid groups (broad SMARTS) is 1. The Morgan fingerprint density at radius 3 is 2.71 bits per heavy atom. The van der Waals surface area contributed by atoms with Crippen LogP contribution in [0.3, 0.4) is 0 Å². The van der Waals surface area contributed by atoms with Crippen LogP contribution in [0.25, 0.3) is 0 Å². The molecule has 1 aromatic heterocycles. The highest BCUT2D eigenvalue weighted by molar-refractivity contribution is 5.87. The number of pyridine rings is 1. The van der Waals surface area contributed by atoms with Crippen LogP contribution in [0, 0.1) is 6.92 Å². The van der Waals surface area contributed by atoms with E-state index < -0.39 is 5.97 Å². The molecule has 94 valence electrons. The van der Waals surface area contributed by atoms with Crippen LogP contribution in [-0.4, -0.2) is 35.4 Å². The van der Waals surface area contributed by atoms with Gasteiger partial charge in [-0.05, 0) is 26.8 Å². The minimum absolute atomic E-state index is 0.152. The van der Waals surface area contributed by atoms with E-state index >= 15 is 0 Å². The van der Waals surface area contributed by atoms with Gasteiger partial charge in [-0.2, -0.15) is 0 Å². The number of aromatic carboxylic acids is 1. The highest BCUT2D eigenvalue weighted by Gasteiger charge is 2.07. The average molecular weight is 239 g/mol. The maximum Gasteiger partial charge on any atom is 0.335 e. The fourth-order valence-corrected chi connectivity index (χ4v) is 1.27. The Bertz CT molecular complexity index is 390. The molecule has 17 heavy (non-hydrogen) atoms. The summed E-state index contributed by atoms with van der Waals surface area (Å²) in [6, 6.07) is 2.91. The van der Waals surface area contributed by atoms with E-state index in [9.17, 15) is 4.79 Å². The highest BCUT2D eigenvalue weighted by Crippen LogP contribution is 2.12. The highest BCUT2D eigenvalue weighted by atomic mass is 16.5. The van der Waals surface area contributed by atoms with Crippen molar-refractivity contribution in [2.75, 3.05) is 13.2 Å². The molecule has 1 aromatic rings. The van der Waals surface area contributed by atoms with E-state index in [1.807, 2.05) is 13.8 Å². The molecule has 1 rings (SSSR count). The Balaban J connectivity index is 2.56. The zero-order chi connectivity index (χ0) is 12.8. The molecule has 0 unspecified atom stereocenters. The molecule has 0 radical (unpaired) electrons. The van der Waals surface area contributed by atoms with Gasteiger partial charge >= 0.3 is 5.97 Å². The molecule has 5 heteroatoms. The van der Waals surface area contributed by atoms with Crippen LogP contribution >= 0.6 is 0 Å². The van der Waals surface area contributed by atoms with Crippen molar-refractivity contribution in [1.82, 2.24) is 4.98 Å². The number of ether oxygens (including phenoxy) is 2. The summed E-state index contributed by atoms with van der Waals surface area (Å²) in [5.41, 5.74) is 0.793. The average Bonchev–Trinajstić information content (AvgIpc) is 2.23. The Kier molecular flexibility index (Phi) is 4.90. The monoisotopic (exact) mass is 239 g/mol. The van der Waals surface area contributed by atoms with Crippen molar-refractivity contribution in [3.8, 4) is 5.88 Å². The van der Waals surface area contributed by atoms with E-state index in [1.54, 1.807) is 6.92 Å². The first-order valence-electron chi connectivity index (χ1n) is 5.45. The summed E-state index contributed by atoms with van der Waals surface area (Å²) in [5, 5.41) is 8.87. The van der Waals surface area contributed by atoms with Gasteiger partial charge in [-0.25, -0.2) is 9.78 Å². The molecular weight excluding hydrogens is 222 g/mol. The van der Waals surface area contributed by atoms with Crippen LogP contribution in [0.2, 0.25) is 0 Å². The fourth-order valence-electron chi connectivity index (χ4n) is 1.27. The number of aromatic nitrogens is 1. The first kappa shape index (κ1) is 13.4. The molecular formula is C12H17NO4. The quantitative estimate of drug-likeness (QED) is 0.768. The molecule has 0 bridgehead atoms. The van der Waals surface area contributed by atoms with Crippen molar-refractivity contribution in [2.45, 2.75) is 26.9 Å². The molecule has 0 aromatic carbocycles. The van der Waals surface area contributed by atoms with Gasteiger partial charge in [-0.1, -0.05) is 0 Å².